The van der Waals surface area contributed by atoms with Gasteiger partial charge in [-0.2, -0.15) is 0 Å². The van der Waals surface area contributed by atoms with Gasteiger partial charge in [-0.1, -0.05) is 28.1 Å². The number of rotatable bonds is 3. The third-order valence-corrected chi connectivity index (χ3v) is 2.33. The minimum atomic E-state index is -0.150. The highest BCUT2D eigenvalue weighted by Gasteiger charge is 2.05. The summed E-state index contributed by atoms with van der Waals surface area (Å²) in [7, 11) is 1.57. The summed E-state index contributed by atoms with van der Waals surface area (Å²) < 4.78 is 0. The van der Waals surface area contributed by atoms with Crippen molar-refractivity contribution in [1.29, 1.82) is 0 Å². The van der Waals surface area contributed by atoms with Crippen molar-refractivity contribution >= 4 is 27.6 Å². The van der Waals surface area contributed by atoms with E-state index in [1.165, 1.54) is 0 Å². The van der Waals surface area contributed by atoms with E-state index in [0.717, 1.165) is 0 Å². The van der Waals surface area contributed by atoms with Crippen molar-refractivity contribution in [1.82, 2.24) is 5.32 Å². The maximum Gasteiger partial charge on any atom is 0.251 e. The number of Topliss-reactive ketones (excluding diaryl/α,β-unsaturated/α-hetero) is 1. The van der Waals surface area contributed by atoms with Gasteiger partial charge in [-0.3, -0.25) is 9.59 Å². The third-order valence-electron chi connectivity index (χ3n) is 1.82. The van der Waals surface area contributed by atoms with Crippen molar-refractivity contribution in [2.24, 2.45) is 0 Å². The molecule has 0 spiro atoms. The molecule has 4 heteroatoms. The van der Waals surface area contributed by atoms with Gasteiger partial charge < -0.3 is 5.32 Å². The number of ketones is 1. The fourth-order valence-electron chi connectivity index (χ4n) is 1.03. The first-order chi connectivity index (χ1) is 6.69. The Kier molecular flexibility index (Phi) is 3.83. The van der Waals surface area contributed by atoms with Crippen molar-refractivity contribution in [3.05, 3.63) is 35.4 Å². The summed E-state index contributed by atoms with van der Waals surface area (Å²) in [5.41, 5.74) is 1.16. The Labute approximate surface area is 90.6 Å². The zero-order valence-electron chi connectivity index (χ0n) is 7.71. The van der Waals surface area contributed by atoms with Gasteiger partial charge in [0, 0.05) is 18.2 Å². The maximum absolute atomic E-state index is 11.2. The van der Waals surface area contributed by atoms with E-state index in [0.29, 0.717) is 16.5 Å². The van der Waals surface area contributed by atoms with Gasteiger partial charge in [0.05, 0.1) is 5.33 Å². The van der Waals surface area contributed by atoms with E-state index in [9.17, 15) is 9.59 Å². The van der Waals surface area contributed by atoms with Gasteiger partial charge >= 0.3 is 0 Å². The standard InChI is InChI=1S/C10H10BrNO2/c1-12-10(14)8-4-2-7(3-5-8)9(13)6-11/h2-5H,6H2,1H3,(H,12,14). The number of alkyl halides is 1. The molecule has 3 nitrogen and oxygen atoms in total. The van der Waals surface area contributed by atoms with Crippen LogP contribution in [0.4, 0.5) is 0 Å². The molecule has 0 heterocycles. The Hall–Kier alpha value is -1.16. The average molecular weight is 256 g/mol. The lowest BCUT2D eigenvalue weighted by molar-refractivity contribution is 0.0961. The molecule has 0 aliphatic heterocycles. The third kappa shape index (κ3) is 2.42. The predicted octanol–water partition coefficient (Wildman–Crippen LogP) is 1.62. The molecule has 0 unspecified atom stereocenters. The second-order valence-corrected chi connectivity index (χ2v) is 3.27. The van der Waals surface area contributed by atoms with E-state index < -0.39 is 0 Å². The largest absolute Gasteiger partial charge is 0.355 e. The van der Waals surface area contributed by atoms with E-state index in [1.54, 1.807) is 31.3 Å². The molecule has 0 aliphatic rings. The van der Waals surface area contributed by atoms with Gasteiger partial charge in [0.15, 0.2) is 5.78 Å². The van der Waals surface area contributed by atoms with Crippen molar-refractivity contribution in [2.45, 2.75) is 0 Å². The number of halogens is 1. The van der Waals surface area contributed by atoms with Crippen LogP contribution in [-0.2, 0) is 0 Å². The van der Waals surface area contributed by atoms with E-state index in [4.69, 9.17) is 0 Å². The summed E-state index contributed by atoms with van der Waals surface area (Å²) in [6, 6.07) is 6.56. The lowest BCUT2D eigenvalue weighted by Gasteiger charge is -2.00. The van der Waals surface area contributed by atoms with Gasteiger partial charge in [-0.25, -0.2) is 0 Å². The number of amides is 1. The highest BCUT2D eigenvalue weighted by atomic mass is 79.9. The summed E-state index contributed by atoms with van der Waals surface area (Å²) in [5.74, 6) is -0.142. The summed E-state index contributed by atoms with van der Waals surface area (Å²) in [6.07, 6.45) is 0. The number of carbonyl (C=O) groups is 2. The normalized spacial score (nSPS) is 9.57. The first-order valence-corrected chi connectivity index (χ1v) is 5.22. The molecule has 0 bridgehead atoms. The van der Waals surface area contributed by atoms with E-state index in [-0.39, 0.29) is 11.7 Å². The molecular formula is C10H10BrNO2. The van der Waals surface area contributed by atoms with Gasteiger partial charge in [0.1, 0.15) is 0 Å². The molecule has 0 saturated heterocycles. The Morgan fingerprint density at radius 2 is 1.71 bits per heavy atom. The molecule has 0 saturated carbocycles. The smallest absolute Gasteiger partial charge is 0.251 e. The molecule has 0 aromatic heterocycles. The second kappa shape index (κ2) is 4.91. The van der Waals surface area contributed by atoms with Crippen molar-refractivity contribution in [2.75, 3.05) is 12.4 Å². The van der Waals surface area contributed by atoms with Crippen LogP contribution in [0.5, 0.6) is 0 Å². The Balaban J connectivity index is 2.89. The van der Waals surface area contributed by atoms with Crippen LogP contribution in [-0.4, -0.2) is 24.1 Å². The Morgan fingerprint density at radius 3 is 2.14 bits per heavy atom. The number of hydrogen-bond acceptors (Lipinski definition) is 2. The van der Waals surface area contributed by atoms with Crippen LogP contribution in [0.3, 0.4) is 0 Å². The van der Waals surface area contributed by atoms with Gasteiger partial charge in [0.25, 0.3) is 5.91 Å². The van der Waals surface area contributed by atoms with Crippen LogP contribution in [0.2, 0.25) is 0 Å². The molecule has 0 aliphatic carbocycles. The number of hydrogen-bond donors (Lipinski definition) is 1. The molecular weight excluding hydrogens is 246 g/mol. The maximum atomic E-state index is 11.2. The molecule has 1 rings (SSSR count). The van der Waals surface area contributed by atoms with Gasteiger partial charge in [-0.05, 0) is 12.1 Å². The molecule has 1 amide bonds. The van der Waals surface area contributed by atoms with Crippen LogP contribution in [0.25, 0.3) is 0 Å². The van der Waals surface area contributed by atoms with Crippen molar-refractivity contribution in [3.63, 3.8) is 0 Å². The summed E-state index contributed by atoms with van der Waals surface area (Å²) >= 11 is 3.08. The Bertz CT molecular complexity index is 311. The summed E-state index contributed by atoms with van der Waals surface area (Å²) in [6.45, 7) is 0. The monoisotopic (exact) mass is 255 g/mol. The lowest BCUT2D eigenvalue weighted by Crippen LogP contribution is -2.17. The summed E-state index contributed by atoms with van der Waals surface area (Å²) in [4.78, 5) is 22.4. The van der Waals surface area contributed by atoms with Crippen LogP contribution >= 0.6 is 15.9 Å². The quantitative estimate of drug-likeness (QED) is 0.659. The molecule has 14 heavy (non-hydrogen) atoms. The van der Waals surface area contributed by atoms with Crippen LogP contribution in [0.15, 0.2) is 24.3 Å². The van der Waals surface area contributed by atoms with E-state index >= 15 is 0 Å². The lowest BCUT2D eigenvalue weighted by atomic mass is 10.1. The average Bonchev–Trinajstić information content (AvgIpc) is 2.27. The first kappa shape index (κ1) is 10.9. The zero-order valence-corrected chi connectivity index (χ0v) is 9.30. The molecule has 1 N–H and O–H groups in total. The van der Waals surface area contributed by atoms with Crippen LogP contribution in [0.1, 0.15) is 20.7 Å². The van der Waals surface area contributed by atoms with E-state index in [2.05, 4.69) is 21.2 Å². The summed E-state index contributed by atoms with van der Waals surface area (Å²) in [5, 5.41) is 2.81. The van der Waals surface area contributed by atoms with Crippen molar-refractivity contribution in [3.8, 4) is 0 Å². The second-order valence-electron chi connectivity index (χ2n) is 2.71. The zero-order chi connectivity index (χ0) is 10.6. The molecule has 0 fully saturated rings. The predicted molar refractivity (Wildman–Crippen MR) is 58.0 cm³/mol. The minimum absolute atomic E-state index is 0.00783. The van der Waals surface area contributed by atoms with Gasteiger partial charge in [0.2, 0.25) is 0 Å². The van der Waals surface area contributed by atoms with E-state index in [1.807, 2.05) is 0 Å². The molecule has 1 aromatic rings. The Morgan fingerprint density at radius 1 is 1.21 bits per heavy atom. The topological polar surface area (TPSA) is 46.2 Å². The molecule has 1 aromatic carbocycles. The molecule has 0 atom stereocenters. The first-order valence-electron chi connectivity index (χ1n) is 4.10. The van der Waals surface area contributed by atoms with Crippen LogP contribution in [0, 0.1) is 0 Å². The highest BCUT2D eigenvalue weighted by molar-refractivity contribution is 9.09. The van der Waals surface area contributed by atoms with Crippen LogP contribution < -0.4 is 5.32 Å². The van der Waals surface area contributed by atoms with Gasteiger partial charge in [-0.15, -0.1) is 0 Å². The number of carbonyl (C=O) groups excluding carboxylic acids is 2. The van der Waals surface area contributed by atoms with Crippen molar-refractivity contribution < 1.29 is 9.59 Å². The molecule has 74 valence electrons. The fraction of sp³-hybridized carbons (Fsp3) is 0.200. The number of nitrogens with one attached hydrogen (secondary N) is 1. The SMILES string of the molecule is CNC(=O)c1ccc(C(=O)CBr)cc1. The number of benzene rings is 1. The fourth-order valence-corrected chi connectivity index (χ4v) is 1.35. The molecule has 0 radical (unpaired) electrons. The minimum Gasteiger partial charge on any atom is -0.355 e. The highest BCUT2D eigenvalue weighted by Crippen LogP contribution is 2.06.